The zero-order chi connectivity index (χ0) is 37.6. The SMILES string of the molecule is N#Cc1ccc(-c2nc3c(-c4ccccc4)cc4c(-c5cccc(-c6cc(F)c(F)c(F)c6)c5)nc5ccccc5c4c3nc2-c2ccc(C#N)cc2)cc1. The normalized spacial score (nSPS) is 11.1. The number of hydrogen-bond acceptors (Lipinski definition) is 5. The summed E-state index contributed by atoms with van der Waals surface area (Å²) in [6.45, 7) is 0. The van der Waals surface area contributed by atoms with Crippen molar-refractivity contribution < 1.29 is 13.2 Å². The van der Waals surface area contributed by atoms with Gasteiger partial charge in [0.1, 0.15) is 0 Å². The van der Waals surface area contributed by atoms with Gasteiger partial charge in [0.25, 0.3) is 0 Å². The van der Waals surface area contributed by atoms with E-state index in [9.17, 15) is 23.7 Å². The van der Waals surface area contributed by atoms with Gasteiger partial charge in [0.15, 0.2) is 17.5 Å². The monoisotopic (exact) mass is 715 g/mol. The molecule has 2 heterocycles. The first-order valence-electron chi connectivity index (χ1n) is 17.3. The standard InChI is InChI=1S/C47H24F3N5/c48-38-22-34(23-39(49)42(38)50)32-9-6-10-33(21-32)43-37-24-36(29-7-2-1-3-8-29)46-47(41(37)35-11-4-5-12-40(35)53-43)55-45(31-19-15-28(26-52)16-20-31)44(54-46)30-17-13-27(25-51)14-18-30/h1-24H. The van der Waals surface area contributed by atoms with E-state index in [4.69, 9.17) is 15.0 Å². The van der Waals surface area contributed by atoms with Crippen molar-refractivity contribution in [1.82, 2.24) is 15.0 Å². The number of halogens is 3. The molecule has 0 saturated heterocycles. The molecule has 0 aliphatic heterocycles. The van der Waals surface area contributed by atoms with E-state index in [1.807, 2.05) is 84.9 Å². The third-order valence-electron chi connectivity index (χ3n) is 9.72. The van der Waals surface area contributed by atoms with Crippen molar-refractivity contribution in [3.8, 4) is 68.2 Å². The molecule has 2 aromatic heterocycles. The lowest BCUT2D eigenvalue weighted by molar-refractivity contribution is 0.448. The Labute approximate surface area is 312 Å². The highest BCUT2D eigenvalue weighted by atomic mass is 19.2. The minimum atomic E-state index is -1.52. The summed E-state index contributed by atoms with van der Waals surface area (Å²) in [4.78, 5) is 16.0. The van der Waals surface area contributed by atoms with Crippen molar-refractivity contribution in [2.24, 2.45) is 0 Å². The quantitative estimate of drug-likeness (QED) is 0.131. The van der Waals surface area contributed by atoms with Gasteiger partial charge in [0.2, 0.25) is 0 Å². The molecule has 0 atom stereocenters. The molecule has 0 N–H and O–H groups in total. The minimum absolute atomic E-state index is 0.187. The number of nitriles is 2. The van der Waals surface area contributed by atoms with Crippen LogP contribution in [0.4, 0.5) is 13.2 Å². The van der Waals surface area contributed by atoms with Crippen LogP contribution < -0.4 is 0 Å². The zero-order valence-electron chi connectivity index (χ0n) is 28.7. The number of rotatable bonds is 5. The Morgan fingerprint density at radius 2 is 0.982 bits per heavy atom. The predicted molar refractivity (Wildman–Crippen MR) is 209 cm³/mol. The van der Waals surface area contributed by atoms with E-state index >= 15 is 0 Å². The predicted octanol–water partition coefficient (Wildman–Crippen LogP) is 11.8. The molecular weight excluding hydrogens is 692 g/mol. The molecule has 0 fully saturated rings. The fraction of sp³-hybridized carbons (Fsp3) is 0. The number of pyridine rings is 1. The highest BCUT2D eigenvalue weighted by Gasteiger charge is 2.22. The molecule has 0 unspecified atom stereocenters. The third kappa shape index (κ3) is 5.79. The average Bonchev–Trinajstić information content (AvgIpc) is 3.24. The van der Waals surface area contributed by atoms with Gasteiger partial charge in [-0.2, -0.15) is 10.5 Å². The molecule has 0 spiro atoms. The molecule has 8 heteroatoms. The van der Waals surface area contributed by atoms with Crippen LogP contribution in [0.25, 0.3) is 88.7 Å². The minimum Gasteiger partial charge on any atom is -0.247 e. The summed E-state index contributed by atoms with van der Waals surface area (Å²) in [5.41, 5.74) is 9.31. The Morgan fingerprint density at radius 1 is 0.418 bits per heavy atom. The van der Waals surface area contributed by atoms with Gasteiger partial charge in [0.05, 0.1) is 56.9 Å². The van der Waals surface area contributed by atoms with Crippen LogP contribution in [0.3, 0.4) is 0 Å². The van der Waals surface area contributed by atoms with Crippen molar-refractivity contribution in [1.29, 1.82) is 10.5 Å². The second-order valence-electron chi connectivity index (χ2n) is 13.0. The van der Waals surface area contributed by atoms with Gasteiger partial charge < -0.3 is 0 Å². The molecule has 0 saturated carbocycles. The van der Waals surface area contributed by atoms with Gasteiger partial charge in [-0.25, -0.2) is 28.1 Å². The van der Waals surface area contributed by atoms with Crippen LogP contribution in [0.5, 0.6) is 0 Å². The topological polar surface area (TPSA) is 86.2 Å². The number of hydrogen-bond donors (Lipinski definition) is 0. The highest BCUT2D eigenvalue weighted by Crippen LogP contribution is 2.43. The van der Waals surface area contributed by atoms with E-state index in [0.29, 0.717) is 55.9 Å². The molecule has 0 aliphatic carbocycles. The summed E-state index contributed by atoms with van der Waals surface area (Å²) in [7, 11) is 0. The lowest BCUT2D eigenvalue weighted by Gasteiger charge is -2.18. The van der Waals surface area contributed by atoms with Gasteiger partial charge in [0, 0.05) is 38.4 Å². The second kappa shape index (κ2) is 13.4. The summed E-state index contributed by atoms with van der Waals surface area (Å²) < 4.78 is 42.7. The van der Waals surface area contributed by atoms with Crippen LogP contribution >= 0.6 is 0 Å². The Bertz CT molecular complexity index is 3050. The Hall–Kier alpha value is -7.68. The first-order valence-corrected chi connectivity index (χ1v) is 17.3. The van der Waals surface area contributed by atoms with Crippen molar-refractivity contribution in [2.75, 3.05) is 0 Å². The molecule has 9 aromatic rings. The Kier molecular flexibility index (Phi) is 8.07. The maximum atomic E-state index is 14.4. The fourth-order valence-corrected chi connectivity index (χ4v) is 7.07. The van der Waals surface area contributed by atoms with Crippen LogP contribution in [0, 0.1) is 40.1 Å². The molecule has 0 radical (unpaired) electrons. The smallest absolute Gasteiger partial charge is 0.194 e. The third-order valence-corrected chi connectivity index (χ3v) is 9.72. The zero-order valence-corrected chi connectivity index (χ0v) is 28.7. The lowest BCUT2D eigenvalue weighted by Crippen LogP contribution is -2.00. The number of fused-ring (bicyclic) bond motifs is 5. The molecule has 0 bridgehead atoms. The van der Waals surface area contributed by atoms with E-state index in [-0.39, 0.29) is 5.56 Å². The first kappa shape index (κ1) is 33.2. The number of aromatic nitrogens is 3. The van der Waals surface area contributed by atoms with Gasteiger partial charge in [-0.3, -0.25) is 0 Å². The molecule has 0 aliphatic rings. The Balaban J connectivity index is 1.41. The van der Waals surface area contributed by atoms with Gasteiger partial charge >= 0.3 is 0 Å². The van der Waals surface area contributed by atoms with E-state index < -0.39 is 17.5 Å². The summed E-state index contributed by atoms with van der Waals surface area (Å²) in [5, 5.41) is 21.5. The highest BCUT2D eigenvalue weighted by molar-refractivity contribution is 6.24. The summed E-state index contributed by atoms with van der Waals surface area (Å²) >= 11 is 0. The van der Waals surface area contributed by atoms with Crippen LogP contribution in [-0.4, -0.2) is 15.0 Å². The molecule has 258 valence electrons. The van der Waals surface area contributed by atoms with Gasteiger partial charge in [-0.1, -0.05) is 91.0 Å². The molecule has 9 rings (SSSR count). The van der Waals surface area contributed by atoms with Crippen molar-refractivity contribution in [3.05, 3.63) is 174 Å². The first-order chi connectivity index (χ1) is 26.9. The summed E-state index contributed by atoms with van der Waals surface area (Å²) in [5.74, 6) is -4.07. The van der Waals surface area contributed by atoms with Crippen molar-refractivity contribution in [2.45, 2.75) is 0 Å². The van der Waals surface area contributed by atoms with Crippen LogP contribution in [0.2, 0.25) is 0 Å². The molecule has 5 nitrogen and oxygen atoms in total. The lowest BCUT2D eigenvalue weighted by atomic mass is 9.92. The molecule has 55 heavy (non-hydrogen) atoms. The fourth-order valence-electron chi connectivity index (χ4n) is 7.07. The van der Waals surface area contributed by atoms with Gasteiger partial charge in [-0.15, -0.1) is 0 Å². The number of benzene rings is 7. The van der Waals surface area contributed by atoms with Gasteiger partial charge in [-0.05, 0) is 71.3 Å². The van der Waals surface area contributed by atoms with E-state index in [2.05, 4.69) is 18.2 Å². The maximum absolute atomic E-state index is 14.4. The number of nitrogens with zero attached hydrogens (tertiary/aromatic N) is 5. The molecular formula is C47H24F3N5. The van der Waals surface area contributed by atoms with Crippen LogP contribution in [0.1, 0.15) is 11.1 Å². The number of para-hydroxylation sites is 1. The van der Waals surface area contributed by atoms with Crippen LogP contribution in [-0.2, 0) is 0 Å². The van der Waals surface area contributed by atoms with E-state index in [0.717, 1.165) is 50.5 Å². The second-order valence-corrected chi connectivity index (χ2v) is 13.0. The molecule has 0 amide bonds. The van der Waals surface area contributed by atoms with E-state index in [1.54, 1.807) is 42.5 Å². The maximum Gasteiger partial charge on any atom is 0.194 e. The molecule has 7 aromatic carbocycles. The largest absolute Gasteiger partial charge is 0.247 e. The summed E-state index contributed by atoms with van der Waals surface area (Å²) in [6, 6.07) is 47.5. The van der Waals surface area contributed by atoms with E-state index in [1.165, 1.54) is 0 Å². The van der Waals surface area contributed by atoms with Crippen molar-refractivity contribution >= 4 is 32.7 Å². The Morgan fingerprint density at radius 3 is 1.62 bits per heavy atom. The average molecular weight is 716 g/mol. The summed E-state index contributed by atoms with van der Waals surface area (Å²) in [6.07, 6.45) is 0. The van der Waals surface area contributed by atoms with Crippen LogP contribution in [0.15, 0.2) is 146 Å². The van der Waals surface area contributed by atoms with Crippen molar-refractivity contribution in [3.63, 3.8) is 0 Å².